The Balaban J connectivity index is 1.24. The molecule has 0 aliphatic heterocycles. The number of hydrogen-bond donors (Lipinski definition) is 1. The van der Waals surface area contributed by atoms with Crippen molar-refractivity contribution >= 4 is 26.7 Å². The fourth-order valence-corrected chi connectivity index (χ4v) is 5.89. The molecule has 234 valence electrons. The van der Waals surface area contributed by atoms with Crippen molar-refractivity contribution in [1.82, 2.24) is 4.72 Å². The zero-order valence-electron chi connectivity index (χ0n) is 24.7. The van der Waals surface area contributed by atoms with Gasteiger partial charge in [-0.15, -0.1) is 0 Å². The minimum absolute atomic E-state index is 0.125. The van der Waals surface area contributed by atoms with Crippen LogP contribution in [0.2, 0.25) is 0 Å². The highest BCUT2D eigenvalue weighted by Gasteiger charge is 2.19. The normalized spacial score (nSPS) is 11.2. The van der Waals surface area contributed by atoms with Gasteiger partial charge in [-0.25, -0.2) is 21.9 Å². The number of sulfonamides is 1. The third kappa shape index (κ3) is 8.46. The molecule has 1 amide bonds. The number of ether oxygens (including phenoxy) is 2. The molecule has 0 heterocycles. The maximum absolute atomic E-state index is 13.5. The van der Waals surface area contributed by atoms with Crippen LogP contribution in [0.5, 0.6) is 11.5 Å². The van der Waals surface area contributed by atoms with Gasteiger partial charge in [0.05, 0.1) is 23.1 Å². The zero-order valence-corrected chi connectivity index (χ0v) is 25.5. The van der Waals surface area contributed by atoms with Crippen molar-refractivity contribution in [1.29, 1.82) is 5.26 Å². The fourth-order valence-electron chi connectivity index (χ4n) is 4.87. The number of hydrogen-bond acceptors (Lipinski definition) is 6. The largest absolute Gasteiger partial charge is 0.493 e. The van der Waals surface area contributed by atoms with Crippen molar-refractivity contribution in [2.24, 2.45) is 0 Å². The number of amides is 1. The number of nitriles is 1. The number of rotatable bonds is 13. The Labute approximate surface area is 266 Å². The van der Waals surface area contributed by atoms with Crippen LogP contribution in [0.4, 0.5) is 8.78 Å². The molecule has 0 bridgehead atoms. The molecule has 0 aliphatic carbocycles. The molecule has 46 heavy (non-hydrogen) atoms. The maximum atomic E-state index is 13.5. The Kier molecular flexibility index (Phi) is 10.2. The standard InChI is InChI=1S/C36H30F2N2O5S/c37-33-16-15-32(22-34(33)38)46(42,43)40-36(41)10-4-8-29-14-12-27(24-45-31-9-3-5-26(20-31)23-39)21-35(29)44-18-17-25-11-13-28-6-1-2-7-30(28)19-25/h1-3,5-7,9,11-16,19-22H,4,8,10,17-18,24H2,(H,40,41). The highest BCUT2D eigenvalue weighted by molar-refractivity contribution is 7.90. The summed E-state index contributed by atoms with van der Waals surface area (Å²) in [4.78, 5) is 11.9. The number of nitrogens with one attached hydrogen (secondary N) is 1. The molecule has 0 atom stereocenters. The van der Waals surface area contributed by atoms with Crippen molar-refractivity contribution in [3.63, 3.8) is 0 Å². The van der Waals surface area contributed by atoms with E-state index >= 15 is 0 Å². The lowest BCUT2D eigenvalue weighted by molar-refractivity contribution is -0.119. The van der Waals surface area contributed by atoms with E-state index < -0.39 is 32.5 Å². The molecule has 0 aliphatic rings. The molecule has 0 saturated heterocycles. The van der Waals surface area contributed by atoms with Crippen molar-refractivity contribution in [2.45, 2.75) is 37.2 Å². The van der Waals surface area contributed by atoms with Gasteiger partial charge >= 0.3 is 0 Å². The van der Waals surface area contributed by atoms with Crippen molar-refractivity contribution in [3.05, 3.63) is 137 Å². The second-order valence-corrected chi connectivity index (χ2v) is 12.3. The highest BCUT2D eigenvalue weighted by atomic mass is 32.2. The number of fused-ring (bicyclic) bond motifs is 1. The van der Waals surface area contributed by atoms with E-state index in [9.17, 15) is 22.0 Å². The summed E-state index contributed by atoms with van der Waals surface area (Å²) in [5, 5.41) is 11.5. The monoisotopic (exact) mass is 640 g/mol. The minimum Gasteiger partial charge on any atom is -0.493 e. The summed E-state index contributed by atoms with van der Waals surface area (Å²) >= 11 is 0. The molecule has 1 N–H and O–H groups in total. The Morgan fingerprint density at radius 3 is 2.39 bits per heavy atom. The summed E-state index contributed by atoms with van der Waals surface area (Å²) in [6.07, 6.45) is 1.25. The van der Waals surface area contributed by atoms with Crippen molar-refractivity contribution in [3.8, 4) is 17.6 Å². The van der Waals surface area contributed by atoms with E-state index in [1.165, 1.54) is 0 Å². The molecule has 0 spiro atoms. The highest BCUT2D eigenvalue weighted by Crippen LogP contribution is 2.25. The third-order valence-electron chi connectivity index (χ3n) is 7.26. The van der Waals surface area contributed by atoms with Crippen LogP contribution in [0.25, 0.3) is 10.8 Å². The first-order valence-corrected chi connectivity index (χ1v) is 16.0. The van der Waals surface area contributed by atoms with Crippen LogP contribution in [0, 0.1) is 23.0 Å². The molecule has 7 nitrogen and oxygen atoms in total. The second-order valence-electron chi connectivity index (χ2n) is 10.6. The minimum atomic E-state index is -4.36. The van der Waals surface area contributed by atoms with Gasteiger partial charge < -0.3 is 9.47 Å². The van der Waals surface area contributed by atoms with E-state index in [-0.39, 0.29) is 13.0 Å². The lowest BCUT2D eigenvalue weighted by Gasteiger charge is -2.15. The van der Waals surface area contributed by atoms with Crippen LogP contribution in [-0.2, 0) is 34.3 Å². The quantitative estimate of drug-likeness (QED) is 0.148. The fraction of sp³-hybridized carbons (Fsp3) is 0.167. The predicted molar refractivity (Wildman–Crippen MR) is 170 cm³/mol. The van der Waals surface area contributed by atoms with Gasteiger partial charge in [0.15, 0.2) is 11.6 Å². The Morgan fingerprint density at radius 1 is 0.783 bits per heavy atom. The summed E-state index contributed by atoms with van der Waals surface area (Å²) < 4.78 is 65.7. The SMILES string of the molecule is N#Cc1cccc(OCc2ccc(CCCC(=O)NS(=O)(=O)c3ccc(F)c(F)c3)c(OCCc3ccc4ccccc4c3)c2)c1. The molecule has 5 rings (SSSR count). The molecular formula is C36H30F2N2O5S. The Bertz CT molecular complexity index is 2030. The van der Waals surface area contributed by atoms with Gasteiger partial charge in [0.2, 0.25) is 5.91 Å². The molecule has 0 radical (unpaired) electrons. The Hall–Kier alpha value is -5.27. The van der Waals surface area contributed by atoms with Crippen LogP contribution < -0.4 is 14.2 Å². The van der Waals surface area contributed by atoms with E-state index in [2.05, 4.69) is 36.4 Å². The van der Waals surface area contributed by atoms with E-state index in [0.717, 1.165) is 33.5 Å². The van der Waals surface area contributed by atoms with E-state index in [4.69, 9.17) is 14.7 Å². The number of aryl methyl sites for hydroxylation is 1. The summed E-state index contributed by atoms with van der Waals surface area (Å²) in [6.45, 7) is 0.632. The predicted octanol–water partition coefficient (Wildman–Crippen LogP) is 7.02. The van der Waals surface area contributed by atoms with Crippen LogP contribution in [0.1, 0.15) is 35.1 Å². The molecule has 5 aromatic rings. The van der Waals surface area contributed by atoms with Crippen LogP contribution in [0.15, 0.2) is 108 Å². The van der Waals surface area contributed by atoms with Crippen LogP contribution in [0.3, 0.4) is 0 Å². The summed E-state index contributed by atoms with van der Waals surface area (Å²) in [5.74, 6) is -2.11. The molecule has 0 fully saturated rings. The van der Waals surface area contributed by atoms with Crippen LogP contribution in [-0.4, -0.2) is 20.9 Å². The number of nitrogens with zero attached hydrogens (tertiary/aromatic N) is 1. The summed E-state index contributed by atoms with van der Waals surface area (Å²) in [5.41, 5.74) is 3.27. The van der Waals surface area contributed by atoms with E-state index in [1.54, 1.807) is 24.3 Å². The van der Waals surface area contributed by atoms with E-state index in [1.807, 2.05) is 35.1 Å². The maximum Gasteiger partial charge on any atom is 0.264 e. The number of carbonyl (C=O) groups excluding carboxylic acids is 1. The molecule has 0 saturated carbocycles. The van der Waals surface area contributed by atoms with Crippen LogP contribution >= 0.6 is 0 Å². The topological polar surface area (TPSA) is 105 Å². The van der Waals surface area contributed by atoms with Gasteiger partial charge in [0, 0.05) is 12.8 Å². The smallest absolute Gasteiger partial charge is 0.264 e. The van der Waals surface area contributed by atoms with Gasteiger partial charge in [-0.1, -0.05) is 60.7 Å². The average molecular weight is 641 g/mol. The summed E-state index contributed by atoms with van der Waals surface area (Å²) in [7, 11) is -4.36. The lowest BCUT2D eigenvalue weighted by atomic mass is 10.0. The van der Waals surface area contributed by atoms with Gasteiger partial charge in [0.1, 0.15) is 18.1 Å². The first kappa shape index (κ1) is 32.1. The van der Waals surface area contributed by atoms with E-state index in [0.29, 0.717) is 55.1 Å². The third-order valence-corrected chi connectivity index (χ3v) is 8.63. The molecular weight excluding hydrogens is 610 g/mol. The Morgan fingerprint density at radius 2 is 1.59 bits per heavy atom. The first-order chi connectivity index (χ1) is 22.2. The first-order valence-electron chi connectivity index (χ1n) is 14.6. The molecule has 0 aromatic heterocycles. The molecule has 5 aromatic carbocycles. The van der Waals surface area contributed by atoms with Gasteiger partial charge in [-0.2, -0.15) is 5.26 Å². The van der Waals surface area contributed by atoms with Crippen molar-refractivity contribution in [2.75, 3.05) is 6.61 Å². The lowest BCUT2D eigenvalue weighted by Crippen LogP contribution is -2.30. The van der Waals surface area contributed by atoms with Crippen molar-refractivity contribution < 1.29 is 31.5 Å². The number of carbonyl (C=O) groups is 1. The molecule has 10 heteroatoms. The number of halogens is 2. The van der Waals surface area contributed by atoms with Gasteiger partial charge in [0.25, 0.3) is 10.0 Å². The zero-order chi connectivity index (χ0) is 32.5. The van der Waals surface area contributed by atoms with Gasteiger partial charge in [-0.05, 0) is 82.8 Å². The number of benzene rings is 5. The van der Waals surface area contributed by atoms with Gasteiger partial charge in [-0.3, -0.25) is 4.79 Å². The second kappa shape index (κ2) is 14.7. The average Bonchev–Trinajstić information content (AvgIpc) is 3.05. The molecule has 0 unspecified atom stereocenters. The summed E-state index contributed by atoms with van der Waals surface area (Å²) in [6, 6.07) is 31.1.